The summed E-state index contributed by atoms with van der Waals surface area (Å²) in [6.07, 6.45) is 2.73. The van der Waals surface area contributed by atoms with Crippen LogP contribution in [0, 0.1) is 5.82 Å². The Hall–Kier alpha value is -2.89. The van der Waals surface area contributed by atoms with Crippen LogP contribution in [0.3, 0.4) is 0 Å². The molecule has 2 N–H and O–H groups in total. The molecule has 1 amide bonds. The number of nitrogens with zero attached hydrogens (tertiary/aromatic N) is 2. The molecule has 0 saturated heterocycles. The Balaban J connectivity index is 1.41. The molecule has 0 radical (unpaired) electrons. The van der Waals surface area contributed by atoms with Gasteiger partial charge in [0.05, 0.1) is 0 Å². The molecule has 5 nitrogen and oxygen atoms in total. The number of benzene rings is 2. The molecule has 0 spiro atoms. The van der Waals surface area contributed by atoms with Gasteiger partial charge in [-0.05, 0) is 48.9 Å². The standard InChI is InChI=1S/C24H31FN4O/c1-2-26-24(28-16-13-20-9-5-6-11-22(20)25)27-15-7-12-23(30)29-17-14-19-8-3-4-10-21(19)18-29/h3-6,8-11H,2,7,12-18H2,1H3,(H2,26,27,28). The third kappa shape index (κ3) is 6.31. The second kappa shape index (κ2) is 11.3. The van der Waals surface area contributed by atoms with E-state index >= 15 is 0 Å². The number of hydrogen-bond donors (Lipinski definition) is 2. The molecule has 3 rings (SSSR count). The predicted molar refractivity (Wildman–Crippen MR) is 119 cm³/mol. The first-order valence-electron chi connectivity index (χ1n) is 10.8. The second-order valence-electron chi connectivity index (χ2n) is 7.47. The van der Waals surface area contributed by atoms with Gasteiger partial charge in [-0.3, -0.25) is 9.79 Å². The summed E-state index contributed by atoms with van der Waals surface area (Å²) in [6, 6.07) is 15.2. The Morgan fingerprint density at radius 2 is 1.87 bits per heavy atom. The van der Waals surface area contributed by atoms with Crippen LogP contribution in [0.2, 0.25) is 0 Å². The van der Waals surface area contributed by atoms with Crippen molar-refractivity contribution >= 4 is 11.9 Å². The lowest BCUT2D eigenvalue weighted by Crippen LogP contribution is -2.38. The average Bonchev–Trinajstić information content (AvgIpc) is 2.77. The van der Waals surface area contributed by atoms with Gasteiger partial charge in [-0.1, -0.05) is 42.5 Å². The molecule has 0 fully saturated rings. The van der Waals surface area contributed by atoms with Crippen LogP contribution in [0.1, 0.15) is 36.5 Å². The van der Waals surface area contributed by atoms with Crippen molar-refractivity contribution in [2.24, 2.45) is 4.99 Å². The van der Waals surface area contributed by atoms with Crippen LogP contribution >= 0.6 is 0 Å². The van der Waals surface area contributed by atoms with E-state index in [4.69, 9.17) is 0 Å². The van der Waals surface area contributed by atoms with Crippen molar-refractivity contribution in [3.8, 4) is 0 Å². The molecule has 2 aromatic rings. The summed E-state index contributed by atoms with van der Waals surface area (Å²) in [5.41, 5.74) is 3.29. The number of fused-ring (bicyclic) bond motifs is 1. The number of nitrogens with one attached hydrogen (secondary N) is 2. The maximum absolute atomic E-state index is 13.7. The van der Waals surface area contributed by atoms with Crippen LogP contribution in [0.4, 0.5) is 4.39 Å². The maximum Gasteiger partial charge on any atom is 0.222 e. The SMILES string of the molecule is CCNC(=NCCCC(=O)N1CCc2ccccc2C1)NCCc1ccccc1F. The van der Waals surface area contributed by atoms with E-state index in [2.05, 4.69) is 33.8 Å². The number of aliphatic imine (C=N–C) groups is 1. The van der Waals surface area contributed by atoms with Crippen molar-refractivity contribution in [2.75, 3.05) is 26.2 Å². The quantitative estimate of drug-likeness (QED) is 0.399. The normalized spacial score (nSPS) is 13.7. The molecule has 1 aliphatic rings. The van der Waals surface area contributed by atoms with Crippen molar-refractivity contribution in [2.45, 2.75) is 39.2 Å². The van der Waals surface area contributed by atoms with Gasteiger partial charge >= 0.3 is 0 Å². The van der Waals surface area contributed by atoms with Crippen LogP contribution in [-0.4, -0.2) is 42.9 Å². The Morgan fingerprint density at radius 1 is 1.10 bits per heavy atom. The summed E-state index contributed by atoms with van der Waals surface area (Å²) in [6.45, 7) is 5.42. The fourth-order valence-electron chi connectivity index (χ4n) is 3.65. The van der Waals surface area contributed by atoms with Crippen molar-refractivity contribution < 1.29 is 9.18 Å². The molecule has 0 unspecified atom stereocenters. The van der Waals surface area contributed by atoms with E-state index in [-0.39, 0.29) is 11.7 Å². The number of guanidine groups is 1. The Bertz CT molecular complexity index is 868. The van der Waals surface area contributed by atoms with Gasteiger partial charge in [-0.25, -0.2) is 4.39 Å². The van der Waals surface area contributed by atoms with E-state index in [0.717, 1.165) is 19.5 Å². The highest BCUT2D eigenvalue weighted by molar-refractivity contribution is 5.80. The third-order valence-electron chi connectivity index (χ3n) is 5.29. The van der Waals surface area contributed by atoms with E-state index in [1.165, 1.54) is 17.2 Å². The lowest BCUT2D eigenvalue weighted by molar-refractivity contribution is -0.132. The largest absolute Gasteiger partial charge is 0.357 e. The van der Waals surface area contributed by atoms with Crippen LogP contribution < -0.4 is 10.6 Å². The molecular weight excluding hydrogens is 379 g/mol. The van der Waals surface area contributed by atoms with E-state index < -0.39 is 0 Å². The summed E-state index contributed by atoms with van der Waals surface area (Å²) in [4.78, 5) is 19.0. The first-order chi connectivity index (χ1) is 14.7. The molecule has 0 bridgehead atoms. The highest BCUT2D eigenvalue weighted by Gasteiger charge is 2.19. The average molecular weight is 411 g/mol. The molecule has 1 aliphatic heterocycles. The lowest BCUT2D eigenvalue weighted by atomic mass is 9.99. The molecular formula is C24H31FN4O. The fraction of sp³-hybridized carbons (Fsp3) is 0.417. The van der Waals surface area contributed by atoms with Crippen LogP contribution in [-0.2, 0) is 24.2 Å². The molecule has 2 aromatic carbocycles. The minimum absolute atomic E-state index is 0.180. The zero-order valence-electron chi connectivity index (χ0n) is 17.7. The highest BCUT2D eigenvalue weighted by atomic mass is 19.1. The number of amides is 1. The van der Waals surface area contributed by atoms with Crippen LogP contribution in [0.15, 0.2) is 53.5 Å². The summed E-state index contributed by atoms with van der Waals surface area (Å²) in [5, 5.41) is 6.43. The minimum Gasteiger partial charge on any atom is -0.357 e. The van der Waals surface area contributed by atoms with E-state index in [1.54, 1.807) is 12.1 Å². The second-order valence-corrected chi connectivity index (χ2v) is 7.47. The Morgan fingerprint density at radius 3 is 2.67 bits per heavy atom. The Labute approximate surface area is 178 Å². The summed E-state index contributed by atoms with van der Waals surface area (Å²) < 4.78 is 13.7. The fourth-order valence-corrected chi connectivity index (χ4v) is 3.65. The van der Waals surface area contributed by atoms with Gasteiger partial charge < -0.3 is 15.5 Å². The smallest absolute Gasteiger partial charge is 0.222 e. The minimum atomic E-state index is -0.180. The van der Waals surface area contributed by atoms with Crippen molar-refractivity contribution in [1.29, 1.82) is 0 Å². The van der Waals surface area contributed by atoms with Crippen molar-refractivity contribution in [3.63, 3.8) is 0 Å². The zero-order chi connectivity index (χ0) is 21.2. The van der Waals surface area contributed by atoms with Gasteiger partial charge in [-0.15, -0.1) is 0 Å². The molecule has 30 heavy (non-hydrogen) atoms. The lowest BCUT2D eigenvalue weighted by Gasteiger charge is -2.28. The van der Waals surface area contributed by atoms with Crippen molar-refractivity contribution in [1.82, 2.24) is 15.5 Å². The van der Waals surface area contributed by atoms with Gasteiger partial charge in [-0.2, -0.15) is 0 Å². The molecule has 0 atom stereocenters. The van der Waals surface area contributed by atoms with Gasteiger partial charge in [0, 0.05) is 39.1 Å². The van der Waals surface area contributed by atoms with Gasteiger partial charge in [0.2, 0.25) is 5.91 Å². The van der Waals surface area contributed by atoms with Gasteiger partial charge in [0.1, 0.15) is 5.82 Å². The summed E-state index contributed by atoms with van der Waals surface area (Å²) >= 11 is 0. The predicted octanol–water partition coefficient (Wildman–Crippen LogP) is 3.29. The Kier molecular flexibility index (Phi) is 8.24. The molecule has 0 aliphatic carbocycles. The van der Waals surface area contributed by atoms with Crippen molar-refractivity contribution in [3.05, 3.63) is 71.0 Å². The third-order valence-corrected chi connectivity index (χ3v) is 5.29. The van der Waals surface area contributed by atoms with E-state index in [1.807, 2.05) is 24.0 Å². The molecule has 160 valence electrons. The van der Waals surface area contributed by atoms with E-state index in [0.29, 0.717) is 50.4 Å². The topological polar surface area (TPSA) is 56.7 Å². The monoisotopic (exact) mass is 410 g/mol. The molecule has 0 aromatic heterocycles. The van der Waals surface area contributed by atoms with Gasteiger partial charge in [0.15, 0.2) is 5.96 Å². The van der Waals surface area contributed by atoms with Crippen LogP contribution in [0.25, 0.3) is 0 Å². The van der Waals surface area contributed by atoms with Crippen LogP contribution in [0.5, 0.6) is 0 Å². The number of hydrogen-bond acceptors (Lipinski definition) is 2. The maximum atomic E-state index is 13.7. The molecule has 0 saturated carbocycles. The summed E-state index contributed by atoms with van der Waals surface area (Å²) in [5.74, 6) is 0.713. The molecule has 6 heteroatoms. The van der Waals surface area contributed by atoms with E-state index in [9.17, 15) is 9.18 Å². The molecule has 1 heterocycles. The number of rotatable bonds is 8. The first-order valence-corrected chi connectivity index (χ1v) is 10.8. The van der Waals surface area contributed by atoms with Gasteiger partial charge in [0.25, 0.3) is 0 Å². The number of carbonyl (C=O) groups is 1. The zero-order valence-corrected chi connectivity index (χ0v) is 17.7. The number of carbonyl (C=O) groups excluding carboxylic acids is 1. The number of halogens is 1. The first kappa shape index (κ1) is 21.8. The summed E-state index contributed by atoms with van der Waals surface area (Å²) in [7, 11) is 0. The highest BCUT2D eigenvalue weighted by Crippen LogP contribution is 2.19.